The molecule has 5 aromatic rings. The van der Waals surface area contributed by atoms with Crippen molar-refractivity contribution in [3.8, 4) is 11.4 Å². The molecule has 0 N–H and O–H groups in total. The molecule has 0 amide bonds. The number of Topliss-reactive ketones (excluding diaryl/α,β-unsaturated/α-hetero) is 1. The van der Waals surface area contributed by atoms with E-state index in [1.165, 1.54) is 9.08 Å². The predicted octanol–water partition coefficient (Wildman–Crippen LogP) is 4.56. The number of carbonyl (C=O) groups is 1. The minimum Gasteiger partial charge on any atom is -0.292 e. The number of aromatic nitrogens is 4. The van der Waals surface area contributed by atoms with E-state index in [4.69, 9.17) is 11.6 Å². The highest BCUT2D eigenvalue weighted by Crippen LogP contribution is 2.22. The van der Waals surface area contributed by atoms with Gasteiger partial charge in [-0.1, -0.05) is 65.7 Å². The second kappa shape index (κ2) is 7.49. The second-order valence-corrected chi connectivity index (χ2v) is 7.79. The smallest absolute Gasteiger partial charge is 0.292 e. The minimum atomic E-state index is -0.421. The van der Waals surface area contributed by atoms with Gasteiger partial charge >= 0.3 is 5.69 Å². The van der Waals surface area contributed by atoms with Crippen LogP contribution in [0.1, 0.15) is 15.9 Å². The molecule has 0 saturated carbocycles. The molecule has 31 heavy (non-hydrogen) atoms. The van der Waals surface area contributed by atoms with Crippen molar-refractivity contribution < 1.29 is 4.79 Å². The van der Waals surface area contributed by atoms with Gasteiger partial charge in [-0.05, 0) is 31.2 Å². The van der Waals surface area contributed by atoms with E-state index in [2.05, 4.69) is 10.1 Å². The first-order valence-corrected chi connectivity index (χ1v) is 10.1. The highest BCUT2D eigenvalue weighted by molar-refractivity contribution is 6.31. The standard InChI is InChI=1S/C24H17ClN4O2/c1-15-9-11-16(12-10-15)22-26-23-19-7-2-3-8-20(19)28(24(31)29(23)27-22)14-21(30)17-5-4-6-18(25)13-17/h2-13H,14H2,1H3. The average molecular weight is 429 g/mol. The SMILES string of the molecule is Cc1ccc(-c2nc3c4ccccc4n(CC(=O)c4cccc(Cl)c4)c(=O)n3n2)cc1. The lowest BCUT2D eigenvalue weighted by Gasteiger charge is -2.10. The van der Waals surface area contributed by atoms with Crippen LogP contribution in [-0.4, -0.2) is 24.9 Å². The van der Waals surface area contributed by atoms with Crippen LogP contribution in [0.15, 0.2) is 77.6 Å². The van der Waals surface area contributed by atoms with E-state index in [0.29, 0.717) is 27.6 Å². The molecule has 7 heteroatoms. The van der Waals surface area contributed by atoms with E-state index >= 15 is 0 Å². The van der Waals surface area contributed by atoms with Crippen molar-refractivity contribution in [2.75, 3.05) is 0 Å². The van der Waals surface area contributed by atoms with E-state index in [-0.39, 0.29) is 12.3 Å². The number of hydrogen-bond acceptors (Lipinski definition) is 4. The summed E-state index contributed by atoms with van der Waals surface area (Å²) in [5, 5.41) is 5.67. The monoisotopic (exact) mass is 428 g/mol. The van der Waals surface area contributed by atoms with Gasteiger partial charge in [0.05, 0.1) is 12.1 Å². The van der Waals surface area contributed by atoms with Crippen LogP contribution in [0.3, 0.4) is 0 Å². The Morgan fingerprint density at radius 1 is 1.00 bits per heavy atom. The number of halogens is 1. The van der Waals surface area contributed by atoms with Gasteiger partial charge in [0, 0.05) is 21.5 Å². The molecule has 0 atom stereocenters. The van der Waals surface area contributed by atoms with Crippen LogP contribution in [0, 0.1) is 6.92 Å². The molecule has 0 radical (unpaired) electrons. The summed E-state index contributed by atoms with van der Waals surface area (Å²) in [6.45, 7) is 1.87. The van der Waals surface area contributed by atoms with Crippen LogP contribution >= 0.6 is 11.6 Å². The Morgan fingerprint density at radius 2 is 1.77 bits per heavy atom. The van der Waals surface area contributed by atoms with Gasteiger partial charge in [0.15, 0.2) is 17.3 Å². The topological polar surface area (TPSA) is 69.3 Å². The number of para-hydroxylation sites is 1. The van der Waals surface area contributed by atoms with E-state index in [0.717, 1.165) is 16.5 Å². The molecule has 0 aliphatic carbocycles. The molecule has 0 unspecified atom stereocenters. The molecule has 3 aromatic carbocycles. The molecule has 0 saturated heterocycles. The molecule has 6 nitrogen and oxygen atoms in total. The number of fused-ring (bicyclic) bond motifs is 3. The van der Waals surface area contributed by atoms with E-state index in [1.807, 2.05) is 55.5 Å². The van der Waals surface area contributed by atoms with Gasteiger partial charge in [0.1, 0.15) is 0 Å². The third kappa shape index (κ3) is 3.41. The molecule has 2 aromatic heterocycles. The van der Waals surface area contributed by atoms with Crippen LogP contribution in [0.2, 0.25) is 5.02 Å². The third-order valence-corrected chi connectivity index (χ3v) is 5.45. The highest BCUT2D eigenvalue weighted by Gasteiger charge is 2.18. The zero-order valence-electron chi connectivity index (χ0n) is 16.6. The predicted molar refractivity (Wildman–Crippen MR) is 121 cm³/mol. The fraction of sp³-hybridized carbons (Fsp3) is 0.0833. The van der Waals surface area contributed by atoms with Gasteiger partial charge in [0.25, 0.3) is 0 Å². The number of carbonyl (C=O) groups excluding carboxylic acids is 1. The number of nitrogens with zero attached hydrogens (tertiary/aromatic N) is 4. The van der Waals surface area contributed by atoms with Crippen molar-refractivity contribution in [1.29, 1.82) is 0 Å². The van der Waals surface area contributed by atoms with Crippen molar-refractivity contribution in [3.63, 3.8) is 0 Å². The van der Waals surface area contributed by atoms with Crippen molar-refractivity contribution in [2.24, 2.45) is 0 Å². The van der Waals surface area contributed by atoms with Crippen molar-refractivity contribution in [3.05, 3.63) is 99.4 Å². The summed E-state index contributed by atoms with van der Waals surface area (Å²) in [6.07, 6.45) is 0. The zero-order valence-corrected chi connectivity index (χ0v) is 17.4. The Labute approximate surface area is 182 Å². The third-order valence-electron chi connectivity index (χ3n) is 5.21. The molecule has 2 heterocycles. The van der Waals surface area contributed by atoms with Gasteiger partial charge in [-0.2, -0.15) is 4.52 Å². The molecule has 152 valence electrons. The number of rotatable bonds is 4. The lowest BCUT2D eigenvalue weighted by molar-refractivity contribution is 0.0971. The Hall–Kier alpha value is -3.77. The maximum absolute atomic E-state index is 13.3. The number of aryl methyl sites for hydroxylation is 1. The van der Waals surface area contributed by atoms with Crippen molar-refractivity contribution >= 4 is 33.9 Å². The normalized spacial score (nSPS) is 11.3. The first kappa shape index (κ1) is 19.2. The van der Waals surface area contributed by atoms with E-state index < -0.39 is 5.69 Å². The molecule has 0 bridgehead atoms. The largest absolute Gasteiger partial charge is 0.351 e. The van der Waals surface area contributed by atoms with Crippen molar-refractivity contribution in [1.82, 2.24) is 19.2 Å². The highest BCUT2D eigenvalue weighted by atomic mass is 35.5. The number of hydrogen-bond donors (Lipinski definition) is 0. The van der Waals surface area contributed by atoms with E-state index in [9.17, 15) is 9.59 Å². The minimum absolute atomic E-state index is 0.130. The summed E-state index contributed by atoms with van der Waals surface area (Å²) in [5.41, 5.74) is 3.05. The fourth-order valence-electron chi connectivity index (χ4n) is 3.61. The molecule has 0 spiro atoms. The van der Waals surface area contributed by atoms with Crippen LogP contribution in [0.5, 0.6) is 0 Å². The lowest BCUT2D eigenvalue weighted by atomic mass is 10.1. The maximum Gasteiger partial charge on any atom is 0.351 e. The second-order valence-electron chi connectivity index (χ2n) is 7.36. The van der Waals surface area contributed by atoms with Gasteiger partial charge < -0.3 is 0 Å². The lowest BCUT2D eigenvalue weighted by Crippen LogP contribution is -2.30. The summed E-state index contributed by atoms with van der Waals surface area (Å²) < 4.78 is 2.70. The van der Waals surface area contributed by atoms with Gasteiger partial charge in [0.2, 0.25) is 0 Å². The fourth-order valence-corrected chi connectivity index (χ4v) is 3.80. The van der Waals surface area contributed by atoms with E-state index in [1.54, 1.807) is 24.3 Å². The van der Waals surface area contributed by atoms with Gasteiger partial charge in [-0.3, -0.25) is 9.36 Å². The number of benzene rings is 3. The van der Waals surface area contributed by atoms with Crippen molar-refractivity contribution in [2.45, 2.75) is 13.5 Å². The zero-order chi connectivity index (χ0) is 21.5. The Balaban J connectivity index is 1.69. The average Bonchev–Trinajstić information content (AvgIpc) is 3.23. The first-order valence-electron chi connectivity index (χ1n) is 9.75. The Morgan fingerprint density at radius 3 is 2.55 bits per heavy atom. The summed E-state index contributed by atoms with van der Waals surface area (Å²) in [7, 11) is 0. The quantitative estimate of drug-likeness (QED) is 0.393. The molecule has 0 aliphatic rings. The Kier molecular flexibility index (Phi) is 4.64. The van der Waals surface area contributed by atoms with Crippen LogP contribution in [0.4, 0.5) is 0 Å². The summed E-state index contributed by atoms with van der Waals surface area (Å²) in [5.74, 6) is 0.245. The maximum atomic E-state index is 13.3. The molecular formula is C24H17ClN4O2. The number of ketones is 1. The molecule has 5 rings (SSSR count). The van der Waals surface area contributed by atoms with Crippen LogP contribution < -0.4 is 5.69 Å². The van der Waals surface area contributed by atoms with Crippen LogP contribution in [-0.2, 0) is 6.54 Å². The molecular weight excluding hydrogens is 412 g/mol. The summed E-state index contributed by atoms with van der Waals surface area (Å²) >= 11 is 6.02. The first-order chi connectivity index (χ1) is 15.0. The summed E-state index contributed by atoms with van der Waals surface area (Å²) in [6, 6.07) is 21.9. The van der Waals surface area contributed by atoms with Crippen LogP contribution in [0.25, 0.3) is 27.9 Å². The van der Waals surface area contributed by atoms with Gasteiger partial charge in [-0.25, -0.2) is 9.78 Å². The molecule has 0 aliphatic heterocycles. The molecule has 0 fully saturated rings. The Bertz CT molecular complexity index is 1520. The van der Waals surface area contributed by atoms with Gasteiger partial charge in [-0.15, -0.1) is 5.10 Å². The summed E-state index contributed by atoms with van der Waals surface area (Å²) in [4.78, 5) is 30.8.